The van der Waals surface area contributed by atoms with Gasteiger partial charge < -0.3 is 8.98 Å². The number of aryl methyl sites for hydroxylation is 1. The van der Waals surface area contributed by atoms with Crippen molar-refractivity contribution >= 4 is 0 Å². The van der Waals surface area contributed by atoms with Gasteiger partial charge >= 0.3 is 0 Å². The van der Waals surface area contributed by atoms with Crippen LogP contribution in [0.3, 0.4) is 0 Å². The third-order valence-electron chi connectivity index (χ3n) is 5.23. The third-order valence-corrected chi connectivity index (χ3v) is 5.23. The molecule has 3 heterocycles. The van der Waals surface area contributed by atoms with E-state index in [2.05, 4.69) is 43.6 Å². The van der Waals surface area contributed by atoms with Crippen LogP contribution in [-0.4, -0.2) is 55.7 Å². The lowest BCUT2D eigenvalue weighted by Crippen LogP contribution is -2.34. The Morgan fingerprint density at radius 1 is 1.29 bits per heavy atom. The molecular formula is C17H26N6O. The molecule has 2 aliphatic rings. The fourth-order valence-electron chi connectivity index (χ4n) is 3.54. The van der Waals surface area contributed by atoms with Gasteiger partial charge in [0.15, 0.2) is 0 Å². The van der Waals surface area contributed by atoms with Crippen molar-refractivity contribution in [2.24, 2.45) is 7.05 Å². The van der Waals surface area contributed by atoms with E-state index in [0.29, 0.717) is 12.0 Å². The van der Waals surface area contributed by atoms with Crippen LogP contribution in [0.1, 0.15) is 48.5 Å². The van der Waals surface area contributed by atoms with E-state index in [-0.39, 0.29) is 0 Å². The molecule has 0 spiro atoms. The normalized spacial score (nSPS) is 21.9. The second kappa shape index (κ2) is 6.29. The summed E-state index contributed by atoms with van der Waals surface area (Å²) in [6.45, 7) is 5.72. The lowest BCUT2D eigenvalue weighted by molar-refractivity contribution is 0.210. The molecule has 0 N–H and O–H groups in total. The average Bonchev–Trinajstić information content (AvgIpc) is 2.96. The summed E-state index contributed by atoms with van der Waals surface area (Å²) in [4.78, 5) is 9.13. The predicted molar refractivity (Wildman–Crippen MR) is 89.4 cm³/mol. The molecule has 1 aliphatic carbocycles. The molecule has 7 heteroatoms. The Kier molecular flexibility index (Phi) is 4.14. The van der Waals surface area contributed by atoms with Crippen molar-refractivity contribution in [3.8, 4) is 0 Å². The Hall–Kier alpha value is -1.73. The lowest BCUT2D eigenvalue weighted by atomic mass is 10.2. The van der Waals surface area contributed by atoms with E-state index in [4.69, 9.17) is 4.42 Å². The second-order valence-corrected chi connectivity index (χ2v) is 7.27. The molecule has 0 bridgehead atoms. The van der Waals surface area contributed by atoms with Gasteiger partial charge in [-0.2, -0.15) is 0 Å². The fraction of sp³-hybridized carbons (Fsp3) is 0.706. The van der Waals surface area contributed by atoms with Crippen LogP contribution in [0.2, 0.25) is 0 Å². The minimum absolute atomic E-state index is 0.544. The Balaban J connectivity index is 1.33. The monoisotopic (exact) mass is 330 g/mol. The van der Waals surface area contributed by atoms with Crippen molar-refractivity contribution in [1.82, 2.24) is 29.5 Å². The smallest absolute Gasteiger partial charge is 0.208 e. The summed E-state index contributed by atoms with van der Waals surface area (Å²) in [5, 5.41) is 8.80. The van der Waals surface area contributed by atoms with Crippen LogP contribution in [0.25, 0.3) is 0 Å². The molecule has 4 rings (SSSR count). The molecule has 2 fully saturated rings. The Morgan fingerprint density at radius 2 is 2.12 bits per heavy atom. The maximum Gasteiger partial charge on any atom is 0.208 e. The SMILES string of the molecule is Cc1cnc(CN2CCC(N(C)Cc3nnc(C4CC4)n3C)C2)o1. The van der Waals surface area contributed by atoms with Crippen LogP contribution in [0.4, 0.5) is 0 Å². The number of nitrogens with zero attached hydrogens (tertiary/aromatic N) is 6. The van der Waals surface area contributed by atoms with Crippen LogP contribution in [-0.2, 0) is 20.1 Å². The largest absolute Gasteiger partial charge is 0.445 e. The Morgan fingerprint density at radius 3 is 2.83 bits per heavy atom. The highest BCUT2D eigenvalue weighted by molar-refractivity contribution is 5.08. The van der Waals surface area contributed by atoms with Crippen molar-refractivity contribution in [3.05, 3.63) is 29.5 Å². The molecule has 0 amide bonds. The van der Waals surface area contributed by atoms with Crippen LogP contribution in [0.15, 0.2) is 10.6 Å². The van der Waals surface area contributed by atoms with E-state index in [1.165, 1.54) is 19.3 Å². The van der Waals surface area contributed by atoms with Gasteiger partial charge in [-0.15, -0.1) is 10.2 Å². The van der Waals surface area contributed by atoms with Crippen molar-refractivity contribution in [1.29, 1.82) is 0 Å². The molecule has 1 atom stereocenters. The average molecular weight is 330 g/mol. The van der Waals surface area contributed by atoms with Crippen LogP contribution >= 0.6 is 0 Å². The van der Waals surface area contributed by atoms with E-state index in [0.717, 1.165) is 49.5 Å². The van der Waals surface area contributed by atoms with Crippen molar-refractivity contribution < 1.29 is 4.42 Å². The van der Waals surface area contributed by atoms with Gasteiger partial charge in [-0.25, -0.2) is 4.98 Å². The summed E-state index contributed by atoms with van der Waals surface area (Å²) in [6, 6.07) is 0.544. The third kappa shape index (κ3) is 3.23. The summed E-state index contributed by atoms with van der Waals surface area (Å²) < 4.78 is 7.79. The number of rotatable bonds is 6. The van der Waals surface area contributed by atoms with Crippen molar-refractivity contribution in [2.45, 2.75) is 51.2 Å². The lowest BCUT2D eigenvalue weighted by Gasteiger charge is -2.24. The zero-order valence-corrected chi connectivity index (χ0v) is 14.8. The van der Waals surface area contributed by atoms with E-state index < -0.39 is 0 Å². The van der Waals surface area contributed by atoms with Crippen LogP contribution in [0, 0.1) is 6.92 Å². The van der Waals surface area contributed by atoms with Crippen LogP contribution < -0.4 is 0 Å². The highest BCUT2D eigenvalue weighted by Crippen LogP contribution is 2.38. The molecule has 1 aliphatic heterocycles. The first-order valence-electron chi connectivity index (χ1n) is 8.82. The topological polar surface area (TPSA) is 63.2 Å². The van der Waals surface area contributed by atoms with Crippen molar-refractivity contribution in [3.63, 3.8) is 0 Å². The van der Waals surface area contributed by atoms with Crippen molar-refractivity contribution in [2.75, 3.05) is 20.1 Å². The van der Waals surface area contributed by atoms with Gasteiger partial charge in [-0.1, -0.05) is 0 Å². The molecule has 0 aromatic carbocycles. The first-order chi connectivity index (χ1) is 11.6. The molecule has 2 aromatic heterocycles. The van der Waals surface area contributed by atoms with E-state index in [1.807, 2.05) is 6.92 Å². The molecule has 0 radical (unpaired) electrons. The predicted octanol–water partition coefficient (Wildman–Crippen LogP) is 1.70. The molecule has 7 nitrogen and oxygen atoms in total. The number of aromatic nitrogens is 4. The van der Waals surface area contributed by atoms with Gasteiger partial charge in [0, 0.05) is 32.1 Å². The van der Waals surface area contributed by atoms with Gasteiger partial charge in [0.05, 0.1) is 19.3 Å². The maximum absolute atomic E-state index is 5.60. The van der Waals surface area contributed by atoms with Crippen LogP contribution in [0.5, 0.6) is 0 Å². The van der Waals surface area contributed by atoms with Gasteiger partial charge in [-0.05, 0) is 33.2 Å². The summed E-state index contributed by atoms with van der Waals surface area (Å²) in [7, 11) is 4.29. The number of oxazole rings is 1. The molecule has 1 saturated carbocycles. The molecule has 1 unspecified atom stereocenters. The summed E-state index contributed by atoms with van der Waals surface area (Å²) >= 11 is 0. The van der Waals surface area contributed by atoms with Gasteiger partial charge in [0.2, 0.25) is 5.89 Å². The Labute approximate surface area is 142 Å². The maximum atomic E-state index is 5.60. The summed E-state index contributed by atoms with van der Waals surface area (Å²) in [5.74, 6) is 4.57. The van der Waals surface area contributed by atoms with Gasteiger partial charge in [0.25, 0.3) is 0 Å². The first kappa shape index (κ1) is 15.8. The second-order valence-electron chi connectivity index (χ2n) is 7.27. The number of likely N-dealkylation sites (tertiary alicyclic amines) is 1. The molecule has 2 aromatic rings. The zero-order chi connectivity index (χ0) is 16.7. The van der Waals surface area contributed by atoms with E-state index in [1.54, 1.807) is 6.20 Å². The molecule has 24 heavy (non-hydrogen) atoms. The minimum Gasteiger partial charge on any atom is -0.445 e. The first-order valence-corrected chi connectivity index (χ1v) is 8.82. The molecular weight excluding hydrogens is 304 g/mol. The number of likely N-dealkylation sites (N-methyl/N-ethyl adjacent to an activating group) is 1. The minimum atomic E-state index is 0.544. The van der Waals surface area contributed by atoms with E-state index in [9.17, 15) is 0 Å². The zero-order valence-electron chi connectivity index (χ0n) is 14.8. The van der Waals surface area contributed by atoms with E-state index >= 15 is 0 Å². The standard InChI is InChI=1S/C17H26N6O/c1-12-8-18-16(24-12)11-23-7-6-14(9-23)21(2)10-15-19-20-17(22(15)3)13-4-5-13/h8,13-14H,4-7,9-11H2,1-3H3. The quantitative estimate of drug-likeness (QED) is 0.803. The Bertz CT molecular complexity index is 704. The summed E-state index contributed by atoms with van der Waals surface area (Å²) in [5.41, 5.74) is 0. The van der Waals surface area contributed by atoms with Gasteiger partial charge in [-0.3, -0.25) is 9.80 Å². The van der Waals surface area contributed by atoms with Gasteiger partial charge in [0.1, 0.15) is 17.4 Å². The number of hydrogen-bond donors (Lipinski definition) is 0. The highest BCUT2D eigenvalue weighted by Gasteiger charge is 2.31. The molecule has 130 valence electrons. The highest BCUT2D eigenvalue weighted by atomic mass is 16.4. The summed E-state index contributed by atoms with van der Waals surface area (Å²) in [6.07, 6.45) is 5.49. The fourth-order valence-corrected chi connectivity index (χ4v) is 3.54. The molecule has 1 saturated heterocycles. The number of hydrogen-bond acceptors (Lipinski definition) is 6.